The number of rotatable bonds is 3. The molecule has 2 aliphatic rings. The molecule has 4 nitrogen and oxygen atoms in total. The molecule has 0 aromatic carbocycles. The Labute approximate surface area is 105 Å². The molecule has 1 spiro atoms. The van der Waals surface area contributed by atoms with E-state index in [-0.39, 0.29) is 5.54 Å². The van der Waals surface area contributed by atoms with Gasteiger partial charge in [-0.1, -0.05) is 20.8 Å². The summed E-state index contributed by atoms with van der Waals surface area (Å²) >= 11 is 0. The molecule has 2 atom stereocenters. The lowest BCUT2D eigenvalue weighted by Gasteiger charge is -2.48. The van der Waals surface area contributed by atoms with Crippen molar-refractivity contribution in [1.82, 2.24) is 10.2 Å². The second-order valence-electron chi connectivity index (χ2n) is 5.84. The molecular weight excluding hydrogens is 212 g/mol. The monoisotopic (exact) mass is 238 g/mol. The maximum absolute atomic E-state index is 6.11. The molecule has 2 unspecified atom stereocenters. The molecule has 0 saturated carbocycles. The van der Waals surface area contributed by atoms with E-state index >= 15 is 0 Å². The SMILES string of the molecule is CCC1CNCCC12CN=C(N)N2CC(C)C. The van der Waals surface area contributed by atoms with Crippen LogP contribution in [0.15, 0.2) is 4.99 Å². The fourth-order valence-electron chi connectivity index (χ4n) is 3.32. The molecule has 1 saturated heterocycles. The molecule has 0 aromatic rings. The highest BCUT2D eigenvalue weighted by Crippen LogP contribution is 2.37. The number of nitrogens with zero attached hydrogens (tertiary/aromatic N) is 2. The standard InChI is InChI=1S/C13H26N4/c1-4-11-7-15-6-5-13(11)9-16-12(14)17(13)8-10(2)3/h10-11,15H,4-9H2,1-3H3,(H2,14,16). The molecule has 2 aliphatic heterocycles. The van der Waals surface area contributed by atoms with Gasteiger partial charge in [0.05, 0.1) is 12.1 Å². The van der Waals surface area contributed by atoms with Crippen molar-refractivity contribution in [2.75, 3.05) is 26.2 Å². The number of nitrogens with two attached hydrogens (primary N) is 1. The van der Waals surface area contributed by atoms with Crippen molar-refractivity contribution in [2.45, 2.75) is 39.2 Å². The predicted octanol–water partition coefficient (Wildman–Crippen LogP) is 1.03. The van der Waals surface area contributed by atoms with Gasteiger partial charge in [-0.2, -0.15) is 0 Å². The van der Waals surface area contributed by atoms with Crippen molar-refractivity contribution in [3.8, 4) is 0 Å². The Morgan fingerprint density at radius 2 is 2.35 bits per heavy atom. The summed E-state index contributed by atoms with van der Waals surface area (Å²) in [6, 6.07) is 0. The molecule has 17 heavy (non-hydrogen) atoms. The molecule has 0 bridgehead atoms. The molecule has 2 rings (SSSR count). The van der Waals surface area contributed by atoms with Gasteiger partial charge in [0.1, 0.15) is 0 Å². The predicted molar refractivity (Wildman–Crippen MR) is 72.0 cm³/mol. The molecule has 2 heterocycles. The van der Waals surface area contributed by atoms with Crippen LogP contribution in [0.3, 0.4) is 0 Å². The molecule has 0 radical (unpaired) electrons. The Morgan fingerprint density at radius 1 is 1.59 bits per heavy atom. The van der Waals surface area contributed by atoms with Gasteiger partial charge in [-0.05, 0) is 31.2 Å². The minimum absolute atomic E-state index is 0.203. The van der Waals surface area contributed by atoms with E-state index in [1.54, 1.807) is 0 Å². The van der Waals surface area contributed by atoms with E-state index < -0.39 is 0 Å². The second kappa shape index (κ2) is 4.84. The number of hydrogen-bond donors (Lipinski definition) is 2. The van der Waals surface area contributed by atoms with Crippen molar-refractivity contribution >= 4 is 5.96 Å². The summed E-state index contributed by atoms with van der Waals surface area (Å²) in [4.78, 5) is 6.93. The quantitative estimate of drug-likeness (QED) is 0.772. The van der Waals surface area contributed by atoms with Gasteiger partial charge in [0, 0.05) is 13.1 Å². The lowest BCUT2D eigenvalue weighted by atomic mass is 9.76. The van der Waals surface area contributed by atoms with Crippen LogP contribution >= 0.6 is 0 Å². The van der Waals surface area contributed by atoms with Gasteiger partial charge >= 0.3 is 0 Å². The van der Waals surface area contributed by atoms with Gasteiger partial charge in [0.25, 0.3) is 0 Å². The van der Waals surface area contributed by atoms with Crippen molar-refractivity contribution in [3.63, 3.8) is 0 Å². The first kappa shape index (κ1) is 12.7. The van der Waals surface area contributed by atoms with Gasteiger partial charge in [-0.25, -0.2) is 0 Å². The van der Waals surface area contributed by atoms with Crippen LogP contribution in [0.25, 0.3) is 0 Å². The van der Waals surface area contributed by atoms with Crippen LogP contribution in [0, 0.1) is 11.8 Å². The molecule has 1 fully saturated rings. The third-order valence-electron chi connectivity index (χ3n) is 4.25. The summed E-state index contributed by atoms with van der Waals surface area (Å²) in [5.74, 6) is 2.06. The van der Waals surface area contributed by atoms with Crippen LogP contribution in [0.5, 0.6) is 0 Å². The summed E-state index contributed by atoms with van der Waals surface area (Å²) in [5.41, 5.74) is 6.31. The average Bonchev–Trinajstić information content (AvgIpc) is 2.59. The maximum atomic E-state index is 6.11. The number of nitrogens with one attached hydrogen (secondary N) is 1. The molecule has 3 N–H and O–H groups in total. The summed E-state index contributed by atoms with van der Waals surface area (Å²) in [7, 11) is 0. The van der Waals surface area contributed by atoms with E-state index in [9.17, 15) is 0 Å². The first-order valence-electron chi connectivity index (χ1n) is 6.88. The Hall–Kier alpha value is -0.770. The van der Waals surface area contributed by atoms with Crippen LogP contribution in [0.4, 0.5) is 0 Å². The maximum Gasteiger partial charge on any atom is 0.191 e. The van der Waals surface area contributed by atoms with Crippen LogP contribution < -0.4 is 11.1 Å². The van der Waals surface area contributed by atoms with E-state index in [1.165, 1.54) is 12.8 Å². The third kappa shape index (κ3) is 2.15. The van der Waals surface area contributed by atoms with Gasteiger partial charge in [0.15, 0.2) is 5.96 Å². The van der Waals surface area contributed by atoms with Gasteiger partial charge in [-0.15, -0.1) is 0 Å². The van der Waals surface area contributed by atoms with E-state index in [2.05, 4.69) is 36.0 Å². The summed E-state index contributed by atoms with van der Waals surface area (Å²) in [6.07, 6.45) is 2.37. The molecular formula is C13H26N4. The topological polar surface area (TPSA) is 53.6 Å². The van der Waals surface area contributed by atoms with Crippen LogP contribution in [0.2, 0.25) is 0 Å². The zero-order valence-electron chi connectivity index (χ0n) is 11.4. The third-order valence-corrected chi connectivity index (χ3v) is 4.25. The molecule has 0 aliphatic carbocycles. The fourth-order valence-corrected chi connectivity index (χ4v) is 3.32. The second-order valence-corrected chi connectivity index (χ2v) is 5.84. The number of aliphatic imine (C=N–C) groups is 1. The number of piperidine rings is 1. The molecule has 0 aromatic heterocycles. The fraction of sp³-hybridized carbons (Fsp3) is 0.923. The smallest absolute Gasteiger partial charge is 0.191 e. The highest BCUT2D eigenvalue weighted by molar-refractivity contribution is 5.81. The number of guanidine groups is 1. The normalized spacial score (nSPS) is 33.5. The first-order chi connectivity index (χ1) is 8.10. The summed E-state index contributed by atoms with van der Waals surface area (Å²) in [5, 5.41) is 3.51. The Morgan fingerprint density at radius 3 is 3.00 bits per heavy atom. The zero-order valence-corrected chi connectivity index (χ0v) is 11.4. The lowest BCUT2D eigenvalue weighted by Crippen LogP contribution is -2.62. The summed E-state index contributed by atoms with van der Waals surface area (Å²) in [6.45, 7) is 10.9. The minimum Gasteiger partial charge on any atom is -0.370 e. The highest BCUT2D eigenvalue weighted by atomic mass is 15.4. The van der Waals surface area contributed by atoms with Crippen molar-refractivity contribution in [3.05, 3.63) is 0 Å². The van der Waals surface area contributed by atoms with E-state index in [0.717, 1.165) is 32.1 Å². The van der Waals surface area contributed by atoms with Gasteiger partial charge < -0.3 is 16.0 Å². The van der Waals surface area contributed by atoms with Crippen molar-refractivity contribution < 1.29 is 0 Å². The van der Waals surface area contributed by atoms with E-state index in [4.69, 9.17) is 5.73 Å². The zero-order chi connectivity index (χ0) is 12.5. The van der Waals surface area contributed by atoms with Gasteiger partial charge in [0.2, 0.25) is 0 Å². The van der Waals surface area contributed by atoms with Gasteiger partial charge in [-0.3, -0.25) is 4.99 Å². The minimum atomic E-state index is 0.203. The Balaban J connectivity index is 2.21. The first-order valence-corrected chi connectivity index (χ1v) is 6.88. The van der Waals surface area contributed by atoms with Crippen LogP contribution in [-0.4, -0.2) is 42.6 Å². The molecule has 0 amide bonds. The summed E-state index contributed by atoms with van der Waals surface area (Å²) < 4.78 is 0. The van der Waals surface area contributed by atoms with Crippen LogP contribution in [0.1, 0.15) is 33.6 Å². The van der Waals surface area contributed by atoms with Crippen molar-refractivity contribution in [1.29, 1.82) is 0 Å². The van der Waals surface area contributed by atoms with E-state index in [1.807, 2.05) is 0 Å². The molecule has 98 valence electrons. The average molecular weight is 238 g/mol. The van der Waals surface area contributed by atoms with E-state index in [0.29, 0.717) is 11.8 Å². The molecule has 4 heteroatoms. The Bertz CT molecular complexity index is 300. The highest BCUT2D eigenvalue weighted by Gasteiger charge is 2.48. The number of hydrogen-bond acceptors (Lipinski definition) is 4. The Kier molecular flexibility index (Phi) is 3.61. The van der Waals surface area contributed by atoms with Crippen LogP contribution in [-0.2, 0) is 0 Å². The van der Waals surface area contributed by atoms with Crippen molar-refractivity contribution in [2.24, 2.45) is 22.6 Å². The largest absolute Gasteiger partial charge is 0.370 e. The lowest BCUT2D eigenvalue weighted by molar-refractivity contribution is 0.0725.